The lowest BCUT2D eigenvalue weighted by atomic mass is 9.78. The zero-order valence-electron chi connectivity index (χ0n) is 19.5. The minimum absolute atomic E-state index is 0.172. The number of hydrogen-bond donors (Lipinski definition) is 0. The Bertz CT molecular complexity index is 1040. The molecule has 0 aliphatic carbocycles. The van der Waals surface area contributed by atoms with Crippen LogP contribution in [0.15, 0.2) is 72.9 Å². The highest BCUT2D eigenvalue weighted by molar-refractivity contribution is 5.82. The van der Waals surface area contributed by atoms with Gasteiger partial charge in [0.2, 0.25) is 5.95 Å². The van der Waals surface area contributed by atoms with E-state index in [2.05, 4.69) is 26.9 Å². The second kappa shape index (κ2) is 10.6. The zero-order valence-corrected chi connectivity index (χ0v) is 19.5. The minimum Gasteiger partial charge on any atom is -0.468 e. The number of nitrogens with zero attached hydrogens (tertiary/aromatic N) is 4. The fraction of sp³-hybridized carbons (Fsp3) is 0.370. The first-order chi connectivity index (χ1) is 16.1. The van der Waals surface area contributed by atoms with Crippen LogP contribution in [0.2, 0.25) is 0 Å². The maximum atomic E-state index is 12.6. The third-order valence-electron chi connectivity index (χ3n) is 6.57. The Balaban J connectivity index is 1.31. The number of piperazine rings is 1. The summed E-state index contributed by atoms with van der Waals surface area (Å²) in [6, 6.07) is 22.1. The summed E-state index contributed by atoms with van der Waals surface area (Å²) in [5.41, 5.74) is 2.44. The van der Waals surface area contributed by atoms with Crippen molar-refractivity contribution >= 4 is 11.9 Å². The molecule has 0 N–H and O–H groups in total. The predicted molar refractivity (Wildman–Crippen MR) is 131 cm³/mol. The summed E-state index contributed by atoms with van der Waals surface area (Å²) >= 11 is 0. The van der Waals surface area contributed by atoms with Crippen molar-refractivity contribution in [2.75, 3.05) is 44.7 Å². The van der Waals surface area contributed by atoms with Crippen LogP contribution in [0.1, 0.15) is 25.3 Å². The molecule has 2 heterocycles. The number of carbonyl (C=O) groups excluding carboxylic acids is 1. The van der Waals surface area contributed by atoms with Crippen LogP contribution >= 0.6 is 0 Å². The van der Waals surface area contributed by atoms with Gasteiger partial charge >= 0.3 is 5.97 Å². The third-order valence-corrected chi connectivity index (χ3v) is 6.57. The number of methoxy groups -OCH3 is 1. The van der Waals surface area contributed by atoms with Gasteiger partial charge in [0.25, 0.3) is 0 Å². The molecule has 6 nitrogen and oxygen atoms in total. The largest absolute Gasteiger partial charge is 0.468 e. The van der Waals surface area contributed by atoms with Crippen molar-refractivity contribution in [2.45, 2.75) is 25.2 Å². The Kier molecular flexibility index (Phi) is 7.35. The van der Waals surface area contributed by atoms with Gasteiger partial charge in [0.05, 0.1) is 18.2 Å². The Labute approximate surface area is 196 Å². The second-order valence-electron chi connectivity index (χ2n) is 8.73. The molecule has 0 saturated carbocycles. The van der Waals surface area contributed by atoms with Crippen molar-refractivity contribution in [1.82, 2.24) is 14.9 Å². The van der Waals surface area contributed by atoms with E-state index in [9.17, 15) is 4.79 Å². The van der Waals surface area contributed by atoms with E-state index < -0.39 is 5.41 Å². The van der Waals surface area contributed by atoms with E-state index in [0.29, 0.717) is 0 Å². The lowest BCUT2D eigenvalue weighted by molar-refractivity contribution is -0.147. The van der Waals surface area contributed by atoms with Gasteiger partial charge in [-0.15, -0.1) is 0 Å². The van der Waals surface area contributed by atoms with Crippen molar-refractivity contribution in [2.24, 2.45) is 0 Å². The van der Waals surface area contributed by atoms with E-state index in [-0.39, 0.29) is 5.97 Å². The van der Waals surface area contributed by atoms with Crippen LogP contribution in [0.4, 0.5) is 5.95 Å². The topological polar surface area (TPSA) is 58.6 Å². The first-order valence-corrected chi connectivity index (χ1v) is 11.6. The molecule has 33 heavy (non-hydrogen) atoms. The molecule has 2 aromatic carbocycles. The predicted octanol–water partition coefficient (Wildman–Crippen LogP) is 4.18. The number of aromatic nitrogens is 2. The molecule has 1 saturated heterocycles. The molecule has 3 aromatic rings. The molecule has 4 rings (SSSR count). The van der Waals surface area contributed by atoms with Crippen LogP contribution in [-0.4, -0.2) is 60.7 Å². The lowest BCUT2D eigenvalue weighted by Gasteiger charge is -2.35. The van der Waals surface area contributed by atoms with E-state index in [1.165, 1.54) is 7.11 Å². The van der Waals surface area contributed by atoms with Crippen LogP contribution in [0, 0.1) is 0 Å². The fourth-order valence-corrected chi connectivity index (χ4v) is 4.49. The Morgan fingerprint density at radius 1 is 0.970 bits per heavy atom. The minimum atomic E-state index is -0.621. The molecule has 1 fully saturated rings. The molecule has 1 aliphatic rings. The molecular weight excluding hydrogens is 412 g/mol. The Morgan fingerprint density at radius 2 is 1.64 bits per heavy atom. The Morgan fingerprint density at radius 3 is 2.30 bits per heavy atom. The van der Waals surface area contributed by atoms with Gasteiger partial charge in [-0.05, 0) is 37.9 Å². The van der Waals surface area contributed by atoms with Crippen LogP contribution < -0.4 is 4.90 Å². The van der Waals surface area contributed by atoms with E-state index in [1.54, 1.807) is 0 Å². The van der Waals surface area contributed by atoms with Gasteiger partial charge in [-0.1, -0.05) is 60.7 Å². The summed E-state index contributed by atoms with van der Waals surface area (Å²) in [5, 5.41) is 0. The van der Waals surface area contributed by atoms with Gasteiger partial charge in [-0.2, -0.15) is 0 Å². The maximum Gasteiger partial charge on any atom is 0.315 e. The van der Waals surface area contributed by atoms with Gasteiger partial charge in [0, 0.05) is 37.9 Å². The second-order valence-corrected chi connectivity index (χ2v) is 8.73. The average molecular weight is 445 g/mol. The third kappa shape index (κ3) is 5.40. The highest BCUT2D eigenvalue weighted by Gasteiger charge is 2.36. The molecule has 6 heteroatoms. The normalized spacial score (nSPS) is 16.2. The zero-order chi connectivity index (χ0) is 23.1. The molecule has 0 bridgehead atoms. The van der Waals surface area contributed by atoms with E-state index >= 15 is 0 Å². The van der Waals surface area contributed by atoms with Crippen molar-refractivity contribution in [3.63, 3.8) is 0 Å². The van der Waals surface area contributed by atoms with Crippen molar-refractivity contribution < 1.29 is 9.53 Å². The number of benzene rings is 2. The highest BCUT2D eigenvalue weighted by Crippen LogP contribution is 2.30. The number of anilines is 1. The monoisotopic (exact) mass is 444 g/mol. The van der Waals surface area contributed by atoms with Crippen molar-refractivity contribution in [3.8, 4) is 11.3 Å². The van der Waals surface area contributed by atoms with Gasteiger partial charge < -0.3 is 9.64 Å². The molecule has 172 valence electrons. The fourth-order valence-electron chi connectivity index (χ4n) is 4.49. The van der Waals surface area contributed by atoms with E-state index in [1.807, 2.05) is 67.7 Å². The molecule has 1 atom stereocenters. The van der Waals surface area contributed by atoms with Crippen LogP contribution in [0.3, 0.4) is 0 Å². The average Bonchev–Trinajstić information content (AvgIpc) is 2.89. The van der Waals surface area contributed by atoms with E-state index in [0.717, 1.165) is 68.3 Å². The maximum absolute atomic E-state index is 12.6. The van der Waals surface area contributed by atoms with Gasteiger partial charge in [-0.3, -0.25) is 9.69 Å². The SMILES string of the molecule is COC(=O)C(C)(CCCN1CCN(c2nccc(-c3ccccc3)n2)CC1)c1ccccc1. The number of hydrogen-bond acceptors (Lipinski definition) is 6. The number of rotatable bonds is 8. The summed E-state index contributed by atoms with van der Waals surface area (Å²) in [6.07, 6.45) is 3.53. The lowest BCUT2D eigenvalue weighted by Crippen LogP contribution is -2.47. The van der Waals surface area contributed by atoms with Crippen LogP contribution in [0.25, 0.3) is 11.3 Å². The molecule has 1 unspecified atom stereocenters. The smallest absolute Gasteiger partial charge is 0.315 e. The first-order valence-electron chi connectivity index (χ1n) is 11.6. The quantitative estimate of drug-likeness (QED) is 0.486. The van der Waals surface area contributed by atoms with Crippen LogP contribution in [0.5, 0.6) is 0 Å². The van der Waals surface area contributed by atoms with Gasteiger partial charge in [-0.25, -0.2) is 9.97 Å². The van der Waals surface area contributed by atoms with Gasteiger partial charge in [0.15, 0.2) is 0 Å². The summed E-state index contributed by atoms with van der Waals surface area (Å²) in [4.78, 5) is 26.6. The summed E-state index contributed by atoms with van der Waals surface area (Å²) in [6.45, 7) is 6.65. The molecule has 0 amide bonds. The Hall–Kier alpha value is -3.25. The van der Waals surface area contributed by atoms with Crippen LogP contribution in [-0.2, 0) is 14.9 Å². The molecule has 1 aromatic heterocycles. The first kappa shape index (κ1) is 22.9. The van der Waals surface area contributed by atoms with Crippen molar-refractivity contribution in [3.05, 3.63) is 78.5 Å². The van der Waals surface area contributed by atoms with Gasteiger partial charge in [0.1, 0.15) is 0 Å². The highest BCUT2D eigenvalue weighted by atomic mass is 16.5. The number of ether oxygens (including phenoxy) is 1. The summed E-state index contributed by atoms with van der Waals surface area (Å²) < 4.78 is 5.14. The number of carbonyl (C=O) groups is 1. The molecule has 0 radical (unpaired) electrons. The molecular formula is C27H32N4O2. The standard InChI is InChI=1S/C27H32N4O2/c1-27(25(32)33-2,23-12-7-4-8-13-23)15-9-17-30-18-20-31(21-19-30)26-28-16-14-24(29-26)22-10-5-3-6-11-22/h3-8,10-14,16H,9,15,17-21H2,1-2H3. The summed E-state index contributed by atoms with van der Waals surface area (Å²) in [7, 11) is 1.47. The van der Waals surface area contributed by atoms with E-state index in [4.69, 9.17) is 9.72 Å². The van der Waals surface area contributed by atoms with Crippen molar-refractivity contribution in [1.29, 1.82) is 0 Å². The molecule has 0 spiro atoms. The molecule has 1 aliphatic heterocycles. The number of esters is 1. The summed E-state index contributed by atoms with van der Waals surface area (Å²) in [5.74, 6) is 0.618.